The van der Waals surface area contributed by atoms with Gasteiger partial charge in [-0.25, -0.2) is 0 Å². The summed E-state index contributed by atoms with van der Waals surface area (Å²) >= 11 is 0. The lowest BCUT2D eigenvalue weighted by Gasteiger charge is -2.38. The summed E-state index contributed by atoms with van der Waals surface area (Å²) in [5.74, 6) is 0. The lowest BCUT2D eigenvalue weighted by atomic mass is 9.81. The number of hydrogen-bond acceptors (Lipinski definition) is 2. The van der Waals surface area contributed by atoms with Gasteiger partial charge in [0.05, 0.1) is 0 Å². The third-order valence-electron chi connectivity index (χ3n) is 4.36. The minimum atomic E-state index is -0.00421. The monoisotopic (exact) mass is 320 g/mol. The maximum atomic E-state index is 6.55. The summed E-state index contributed by atoms with van der Waals surface area (Å²) in [6.45, 7) is 17.0. The molecule has 0 unspecified atom stereocenters. The zero-order chi connectivity index (χ0) is 18.1. The van der Waals surface area contributed by atoms with Gasteiger partial charge in [-0.1, -0.05) is 72.7 Å². The summed E-state index contributed by atoms with van der Waals surface area (Å²) in [4.78, 5) is 2.37. The van der Waals surface area contributed by atoms with Gasteiger partial charge in [0.25, 0.3) is 0 Å². The molecular formula is C21H40N2. The van der Waals surface area contributed by atoms with Gasteiger partial charge in [0.2, 0.25) is 0 Å². The molecule has 1 aliphatic rings. The molecular weight excluding hydrogens is 280 g/mol. The van der Waals surface area contributed by atoms with Crippen molar-refractivity contribution in [2.45, 2.75) is 78.7 Å². The molecule has 1 heterocycles. The molecule has 0 saturated carbocycles. The average Bonchev–Trinajstić information content (AvgIpc) is 2.54. The van der Waals surface area contributed by atoms with E-state index in [0.29, 0.717) is 0 Å². The van der Waals surface area contributed by atoms with Gasteiger partial charge in [0.1, 0.15) is 0 Å². The Hall–Kier alpha value is -0.860. The second kappa shape index (κ2) is 10.1. The molecule has 1 saturated heterocycles. The summed E-state index contributed by atoms with van der Waals surface area (Å²) in [5.41, 5.74) is 9.54. The number of hydrogen-bond donors (Lipinski definition) is 1. The van der Waals surface area contributed by atoms with Crippen LogP contribution in [0.1, 0.15) is 72.4 Å². The first-order valence-corrected chi connectivity index (χ1v) is 9.35. The molecule has 1 aromatic carbocycles. The van der Waals surface area contributed by atoms with E-state index in [1.54, 1.807) is 0 Å². The van der Waals surface area contributed by atoms with Crippen LogP contribution in [0.3, 0.4) is 0 Å². The predicted molar refractivity (Wildman–Crippen MR) is 105 cm³/mol. The van der Waals surface area contributed by atoms with Crippen LogP contribution in [0.2, 0.25) is 0 Å². The van der Waals surface area contributed by atoms with Crippen LogP contribution in [-0.2, 0) is 11.8 Å². The Kier molecular flexibility index (Phi) is 9.72. The Morgan fingerprint density at radius 3 is 1.78 bits per heavy atom. The van der Waals surface area contributed by atoms with Crippen LogP contribution in [0.4, 0.5) is 0 Å². The van der Waals surface area contributed by atoms with E-state index in [2.05, 4.69) is 57.0 Å². The lowest BCUT2D eigenvalue weighted by Crippen LogP contribution is -2.50. The van der Waals surface area contributed by atoms with Crippen LogP contribution in [0.25, 0.3) is 0 Å². The van der Waals surface area contributed by atoms with Gasteiger partial charge < -0.3 is 10.6 Å². The Balaban J connectivity index is 0.00000112. The molecule has 2 N–H and O–H groups in total. The number of nitrogens with two attached hydrogens (primary N) is 1. The maximum Gasteiger partial charge on any atom is 0.0219 e. The fraction of sp³-hybridized carbons (Fsp3) is 0.714. The fourth-order valence-corrected chi connectivity index (χ4v) is 2.77. The van der Waals surface area contributed by atoms with Crippen molar-refractivity contribution < 1.29 is 0 Å². The van der Waals surface area contributed by atoms with Crippen LogP contribution in [0.5, 0.6) is 0 Å². The van der Waals surface area contributed by atoms with Gasteiger partial charge in [0.15, 0.2) is 0 Å². The Labute approximate surface area is 145 Å². The molecule has 0 amide bonds. The van der Waals surface area contributed by atoms with Crippen molar-refractivity contribution in [3.05, 3.63) is 35.4 Å². The third kappa shape index (κ3) is 7.50. The lowest BCUT2D eigenvalue weighted by molar-refractivity contribution is 0.190. The second-order valence-corrected chi connectivity index (χ2v) is 7.29. The van der Waals surface area contributed by atoms with Gasteiger partial charge in [-0.15, -0.1) is 0 Å². The maximum absolute atomic E-state index is 6.55. The molecule has 0 spiro atoms. The predicted octanol–water partition coefficient (Wildman–Crippen LogP) is 5.00. The number of likely N-dealkylation sites (tertiary alicyclic amines) is 1. The van der Waals surface area contributed by atoms with Gasteiger partial charge in [-0.2, -0.15) is 0 Å². The molecule has 0 bridgehead atoms. The molecule has 2 heteroatoms. The van der Waals surface area contributed by atoms with E-state index in [-0.39, 0.29) is 11.0 Å². The summed E-state index contributed by atoms with van der Waals surface area (Å²) in [6.07, 6.45) is 3.21. The quantitative estimate of drug-likeness (QED) is 0.830. The van der Waals surface area contributed by atoms with E-state index >= 15 is 0 Å². The highest BCUT2D eigenvalue weighted by molar-refractivity contribution is 5.28. The molecule has 134 valence electrons. The molecule has 1 aliphatic heterocycles. The van der Waals surface area contributed by atoms with E-state index in [1.807, 2.05) is 27.7 Å². The number of rotatable bonds is 2. The first-order valence-electron chi connectivity index (χ1n) is 9.35. The third-order valence-corrected chi connectivity index (χ3v) is 4.36. The summed E-state index contributed by atoms with van der Waals surface area (Å²) in [6, 6.07) is 9.03. The van der Waals surface area contributed by atoms with Crippen molar-refractivity contribution >= 4 is 0 Å². The van der Waals surface area contributed by atoms with Crippen molar-refractivity contribution in [2.75, 3.05) is 20.1 Å². The molecule has 0 aromatic heterocycles. The molecule has 1 aromatic rings. The second-order valence-electron chi connectivity index (χ2n) is 7.29. The van der Waals surface area contributed by atoms with Crippen LogP contribution in [0.15, 0.2) is 24.3 Å². The van der Waals surface area contributed by atoms with E-state index in [1.165, 1.54) is 11.1 Å². The minimum Gasteiger partial charge on any atom is -0.325 e. The molecule has 0 atom stereocenters. The standard InChI is InChI=1S/C17H28N2.2C2H6/c1-16(2,3)15-7-5-14(6-8-15)13-17(18)9-11-19(4)12-10-17;2*1-2/h5-8H,9-13,18H2,1-4H3;2*1-2H3. The molecule has 2 rings (SSSR count). The number of benzene rings is 1. The van der Waals surface area contributed by atoms with E-state index < -0.39 is 0 Å². The highest BCUT2D eigenvalue weighted by atomic mass is 15.1. The van der Waals surface area contributed by atoms with E-state index in [9.17, 15) is 0 Å². The Bertz CT molecular complexity index is 406. The van der Waals surface area contributed by atoms with Crippen molar-refractivity contribution in [3.63, 3.8) is 0 Å². The smallest absolute Gasteiger partial charge is 0.0219 e. The zero-order valence-corrected chi connectivity index (χ0v) is 16.9. The largest absolute Gasteiger partial charge is 0.325 e. The SMILES string of the molecule is CC.CC.CN1CCC(N)(Cc2ccc(C(C)(C)C)cc2)CC1. The average molecular weight is 321 g/mol. The van der Waals surface area contributed by atoms with Gasteiger partial charge in [-0.3, -0.25) is 0 Å². The normalized spacial score (nSPS) is 17.4. The number of nitrogens with zero attached hydrogens (tertiary/aromatic N) is 1. The van der Waals surface area contributed by atoms with Crippen LogP contribution in [-0.4, -0.2) is 30.6 Å². The topological polar surface area (TPSA) is 29.3 Å². The van der Waals surface area contributed by atoms with Crippen LogP contribution < -0.4 is 5.73 Å². The van der Waals surface area contributed by atoms with Gasteiger partial charge in [-0.05, 0) is 55.9 Å². The molecule has 2 nitrogen and oxygen atoms in total. The number of piperidine rings is 1. The minimum absolute atomic E-state index is 0.00421. The van der Waals surface area contributed by atoms with Crippen molar-refractivity contribution in [1.82, 2.24) is 4.90 Å². The molecule has 23 heavy (non-hydrogen) atoms. The first kappa shape index (κ1) is 22.1. The van der Waals surface area contributed by atoms with Gasteiger partial charge >= 0.3 is 0 Å². The van der Waals surface area contributed by atoms with Gasteiger partial charge in [0, 0.05) is 5.54 Å². The highest BCUT2D eigenvalue weighted by Gasteiger charge is 2.29. The molecule has 0 aliphatic carbocycles. The Morgan fingerprint density at radius 1 is 0.957 bits per heavy atom. The summed E-state index contributed by atoms with van der Waals surface area (Å²) in [5, 5.41) is 0. The van der Waals surface area contributed by atoms with E-state index in [4.69, 9.17) is 5.73 Å². The van der Waals surface area contributed by atoms with Crippen LogP contribution in [0, 0.1) is 0 Å². The van der Waals surface area contributed by atoms with Crippen LogP contribution >= 0.6 is 0 Å². The summed E-state index contributed by atoms with van der Waals surface area (Å²) in [7, 11) is 2.18. The fourth-order valence-electron chi connectivity index (χ4n) is 2.77. The van der Waals surface area contributed by atoms with E-state index in [0.717, 1.165) is 32.4 Å². The molecule has 1 fully saturated rings. The highest BCUT2D eigenvalue weighted by Crippen LogP contribution is 2.26. The summed E-state index contributed by atoms with van der Waals surface area (Å²) < 4.78 is 0. The molecule has 0 radical (unpaired) electrons. The van der Waals surface area contributed by atoms with Crippen molar-refractivity contribution in [1.29, 1.82) is 0 Å². The van der Waals surface area contributed by atoms with Crippen molar-refractivity contribution in [2.24, 2.45) is 5.73 Å². The Morgan fingerprint density at radius 2 is 1.39 bits per heavy atom. The van der Waals surface area contributed by atoms with Crippen molar-refractivity contribution in [3.8, 4) is 0 Å². The zero-order valence-electron chi connectivity index (χ0n) is 16.9. The first-order chi connectivity index (χ1) is 10.8.